The lowest BCUT2D eigenvalue weighted by Crippen LogP contribution is -2.52. The van der Waals surface area contributed by atoms with Crippen molar-refractivity contribution < 1.29 is 9.59 Å². The van der Waals surface area contributed by atoms with Crippen LogP contribution in [-0.2, 0) is 17.8 Å². The number of likely N-dealkylation sites (tertiary alicyclic amines) is 2. The lowest BCUT2D eigenvalue weighted by molar-refractivity contribution is -0.139. The van der Waals surface area contributed by atoms with E-state index in [-0.39, 0.29) is 17.2 Å². The van der Waals surface area contributed by atoms with Gasteiger partial charge in [-0.3, -0.25) is 14.7 Å². The molecule has 0 atom stereocenters. The van der Waals surface area contributed by atoms with Gasteiger partial charge in [0.1, 0.15) is 5.69 Å². The second kappa shape index (κ2) is 8.39. The van der Waals surface area contributed by atoms with Gasteiger partial charge in [-0.25, -0.2) is 4.98 Å². The van der Waals surface area contributed by atoms with Gasteiger partial charge < -0.3 is 14.4 Å². The predicted molar refractivity (Wildman–Crippen MR) is 108 cm³/mol. The lowest BCUT2D eigenvalue weighted by atomic mass is 9.72. The molecule has 1 N–H and O–H groups in total. The largest absolute Gasteiger partial charge is 0.342 e. The first kappa shape index (κ1) is 19.7. The number of carbonyl (C=O) groups is 2. The quantitative estimate of drug-likeness (QED) is 0.807. The van der Waals surface area contributed by atoms with Gasteiger partial charge in [-0.05, 0) is 43.6 Å². The summed E-state index contributed by atoms with van der Waals surface area (Å²) in [6.45, 7) is 6.00. The van der Waals surface area contributed by atoms with Gasteiger partial charge in [-0.1, -0.05) is 6.92 Å². The maximum Gasteiger partial charge on any atom is 0.274 e. The summed E-state index contributed by atoms with van der Waals surface area (Å²) in [6.07, 6.45) is 10.8. The third-order valence-corrected chi connectivity index (χ3v) is 6.49. The van der Waals surface area contributed by atoms with Gasteiger partial charge >= 0.3 is 0 Å². The number of nitrogens with zero attached hydrogens (tertiary/aromatic N) is 5. The number of aryl methyl sites for hydroxylation is 2. The van der Waals surface area contributed by atoms with E-state index < -0.39 is 0 Å². The molecular formula is C21H30N6O2. The van der Waals surface area contributed by atoms with E-state index >= 15 is 0 Å². The Kier molecular flexibility index (Phi) is 5.69. The second-order valence-electron chi connectivity index (χ2n) is 8.39. The molecule has 0 saturated carbocycles. The Morgan fingerprint density at radius 1 is 1.24 bits per heavy atom. The van der Waals surface area contributed by atoms with Crippen molar-refractivity contribution in [1.29, 1.82) is 0 Å². The van der Waals surface area contributed by atoms with Gasteiger partial charge in [-0.15, -0.1) is 0 Å². The number of piperidine rings is 2. The van der Waals surface area contributed by atoms with Crippen molar-refractivity contribution in [2.75, 3.05) is 26.2 Å². The third kappa shape index (κ3) is 4.36. The van der Waals surface area contributed by atoms with E-state index in [9.17, 15) is 9.59 Å². The van der Waals surface area contributed by atoms with Crippen LogP contribution < -0.4 is 0 Å². The zero-order valence-electron chi connectivity index (χ0n) is 17.1. The fourth-order valence-corrected chi connectivity index (χ4v) is 4.58. The Morgan fingerprint density at radius 3 is 2.76 bits per heavy atom. The number of nitrogens with one attached hydrogen (secondary N) is 1. The average molecular weight is 399 g/mol. The summed E-state index contributed by atoms with van der Waals surface area (Å²) >= 11 is 0. The minimum absolute atomic E-state index is 0.0138. The number of hydrogen-bond donors (Lipinski definition) is 1. The van der Waals surface area contributed by atoms with Crippen molar-refractivity contribution in [2.24, 2.45) is 5.41 Å². The van der Waals surface area contributed by atoms with Crippen LogP contribution in [0.1, 0.15) is 55.2 Å². The Morgan fingerprint density at radius 2 is 2.07 bits per heavy atom. The molecule has 156 valence electrons. The molecular weight excluding hydrogens is 368 g/mol. The van der Waals surface area contributed by atoms with Crippen molar-refractivity contribution >= 4 is 11.8 Å². The van der Waals surface area contributed by atoms with Crippen LogP contribution >= 0.6 is 0 Å². The van der Waals surface area contributed by atoms with Gasteiger partial charge in [0.05, 0.1) is 6.33 Å². The highest BCUT2D eigenvalue weighted by atomic mass is 16.2. The molecule has 29 heavy (non-hydrogen) atoms. The Bertz CT molecular complexity index is 835. The lowest BCUT2D eigenvalue weighted by Gasteiger charge is -2.47. The summed E-state index contributed by atoms with van der Waals surface area (Å²) in [7, 11) is 0. The fraction of sp³-hybridized carbons (Fsp3) is 0.619. The summed E-state index contributed by atoms with van der Waals surface area (Å²) in [6, 6.07) is 1.86. The van der Waals surface area contributed by atoms with E-state index in [1.165, 1.54) is 0 Å². The maximum absolute atomic E-state index is 12.7. The Hall–Kier alpha value is -2.64. The molecule has 4 heterocycles. The maximum atomic E-state index is 12.7. The van der Waals surface area contributed by atoms with Crippen LogP contribution in [-0.4, -0.2) is 67.5 Å². The van der Waals surface area contributed by atoms with Crippen LogP contribution in [0.2, 0.25) is 0 Å². The molecule has 2 amide bonds. The molecule has 8 nitrogen and oxygen atoms in total. The van der Waals surface area contributed by atoms with E-state index in [1.807, 2.05) is 39.9 Å². The molecule has 2 aromatic rings. The summed E-state index contributed by atoms with van der Waals surface area (Å²) < 4.78 is 2.05. The van der Waals surface area contributed by atoms with Crippen molar-refractivity contribution in [3.05, 3.63) is 36.2 Å². The zero-order chi connectivity index (χ0) is 20.3. The number of H-pyrrole nitrogens is 1. The molecule has 8 heteroatoms. The number of hydrogen-bond acceptors (Lipinski definition) is 4. The van der Waals surface area contributed by atoms with Crippen LogP contribution in [0.3, 0.4) is 0 Å². The summed E-state index contributed by atoms with van der Waals surface area (Å²) in [5.41, 5.74) is 1.65. The van der Waals surface area contributed by atoms with Crippen molar-refractivity contribution in [2.45, 2.75) is 52.0 Å². The SMILES string of the molecule is CCc1cc(C(=O)N2CCC3(CCC(=O)N(CCCn4ccnc4)C3)CC2)n[nH]1. The third-order valence-electron chi connectivity index (χ3n) is 6.49. The minimum Gasteiger partial charge on any atom is -0.342 e. The summed E-state index contributed by atoms with van der Waals surface area (Å²) in [4.78, 5) is 33.2. The molecule has 4 rings (SSSR count). The van der Waals surface area contributed by atoms with E-state index in [2.05, 4.69) is 15.2 Å². The molecule has 0 aromatic carbocycles. The number of aromatic amines is 1. The smallest absolute Gasteiger partial charge is 0.274 e. The van der Waals surface area contributed by atoms with Crippen LogP contribution in [0.4, 0.5) is 0 Å². The zero-order valence-corrected chi connectivity index (χ0v) is 17.1. The standard InChI is InChI=1S/C21H30N6O2/c1-2-17-14-18(24-23-17)20(29)26-11-6-21(7-12-26)5-4-19(28)27(15-21)10-3-9-25-13-8-22-16-25/h8,13-14,16H,2-7,9-12,15H2,1H3,(H,23,24). The normalized spacial score (nSPS) is 19.1. The molecule has 2 aromatic heterocycles. The minimum atomic E-state index is 0.0138. The van der Waals surface area contributed by atoms with Crippen molar-refractivity contribution in [1.82, 2.24) is 29.5 Å². The first-order chi connectivity index (χ1) is 14.1. The number of imidazole rings is 1. The molecule has 0 bridgehead atoms. The first-order valence-corrected chi connectivity index (χ1v) is 10.7. The van der Waals surface area contributed by atoms with Gasteiger partial charge in [-0.2, -0.15) is 5.10 Å². The van der Waals surface area contributed by atoms with Crippen molar-refractivity contribution in [3.8, 4) is 0 Å². The van der Waals surface area contributed by atoms with Crippen LogP contribution in [0.15, 0.2) is 24.8 Å². The Labute approximate surface area is 171 Å². The van der Waals surface area contributed by atoms with E-state index in [0.717, 1.165) is 70.5 Å². The number of carbonyl (C=O) groups excluding carboxylic acids is 2. The van der Waals surface area contributed by atoms with Crippen molar-refractivity contribution in [3.63, 3.8) is 0 Å². The van der Waals surface area contributed by atoms with Crippen LogP contribution in [0.25, 0.3) is 0 Å². The highest BCUT2D eigenvalue weighted by Gasteiger charge is 2.41. The monoisotopic (exact) mass is 398 g/mol. The molecule has 2 saturated heterocycles. The van der Waals surface area contributed by atoms with Gasteiger partial charge in [0.15, 0.2) is 0 Å². The fourth-order valence-electron chi connectivity index (χ4n) is 4.58. The molecule has 2 fully saturated rings. The second-order valence-corrected chi connectivity index (χ2v) is 8.39. The molecule has 0 radical (unpaired) electrons. The highest BCUT2D eigenvalue weighted by molar-refractivity contribution is 5.92. The van der Waals surface area contributed by atoms with Gasteiger partial charge in [0, 0.05) is 57.2 Å². The van der Waals surface area contributed by atoms with Crippen LogP contribution in [0.5, 0.6) is 0 Å². The average Bonchev–Trinajstić information content (AvgIpc) is 3.43. The molecule has 0 unspecified atom stereocenters. The Balaban J connectivity index is 1.31. The summed E-state index contributed by atoms with van der Waals surface area (Å²) in [5.74, 6) is 0.281. The molecule has 2 aliphatic rings. The van der Waals surface area contributed by atoms with Gasteiger partial charge in [0.2, 0.25) is 5.91 Å². The van der Waals surface area contributed by atoms with E-state index in [4.69, 9.17) is 0 Å². The molecule has 0 aliphatic carbocycles. The summed E-state index contributed by atoms with van der Waals surface area (Å²) in [5, 5.41) is 7.09. The van der Waals surface area contributed by atoms with E-state index in [1.54, 1.807) is 6.20 Å². The number of rotatable bonds is 6. The molecule has 2 aliphatic heterocycles. The predicted octanol–water partition coefficient (Wildman–Crippen LogP) is 2.10. The molecule has 1 spiro atoms. The highest BCUT2D eigenvalue weighted by Crippen LogP contribution is 2.40. The van der Waals surface area contributed by atoms with E-state index in [0.29, 0.717) is 12.1 Å². The van der Waals surface area contributed by atoms with Gasteiger partial charge in [0.25, 0.3) is 5.91 Å². The number of amides is 2. The number of aromatic nitrogens is 4. The topological polar surface area (TPSA) is 87.1 Å². The first-order valence-electron chi connectivity index (χ1n) is 10.7. The van der Waals surface area contributed by atoms with Crippen LogP contribution in [0, 0.1) is 5.41 Å².